The van der Waals surface area contributed by atoms with Gasteiger partial charge in [0.2, 0.25) is 0 Å². The van der Waals surface area contributed by atoms with Crippen molar-refractivity contribution >= 4 is 10.1 Å². The third kappa shape index (κ3) is 2.68. The second-order valence-electron chi connectivity index (χ2n) is 2.91. The highest BCUT2D eigenvalue weighted by atomic mass is 32.2. The summed E-state index contributed by atoms with van der Waals surface area (Å²) in [5, 5.41) is 0. The molecule has 0 aliphatic carbocycles. The van der Waals surface area contributed by atoms with Gasteiger partial charge >= 0.3 is 0 Å². The molecule has 4 heteroatoms. The maximum Gasteiger partial charge on any atom is 0.294 e. The van der Waals surface area contributed by atoms with E-state index in [2.05, 4.69) is 6.58 Å². The van der Waals surface area contributed by atoms with E-state index in [1.54, 1.807) is 24.3 Å². The number of benzene rings is 1. The lowest BCUT2D eigenvalue weighted by Gasteiger charge is -2.04. The molecule has 0 unspecified atom stereocenters. The van der Waals surface area contributed by atoms with Gasteiger partial charge < -0.3 is 0 Å². The Labute approximate surface area is 83.8 Å². The molecule has 1 rings (SSSR count). The standard InChI is InChI=1S/C10H12O3S/c1-2-3-6-9-7-4-5-8-10(9)14(11,12)13/h2,4-5,7-8H,1,3,6H2,(H,11,12,13). The first-order valence-corrected chi connectivity index (χ1v) is 5.66. The number of aryl methyl sites for hydroxylation is 1. The maximum absolute atomic E-state index is 10.9. The van der Waals surface area contributed by atoms with E-state index in [4.69, 9.17) is 4.55 Å². The van der Waals surface area contributed by atoms with Crippen molar-refractivity contribution in [2.45, 2.75) is 17.7 Å². The number of hydrogen-bond donors (Lipinski definition) is 1. The number of hydrogen-bond acceptors (Lipinski definition) is 2. The molecule has 0 aliphatic rings. The van der Waals surface area contributed by atoms with Crippen LogP contribution in [0.4, 0.5) is 0 Å². The molecule has 0 aliphatic heterocycles. The van der Waals surface area contributed by atoms with Crippen LogP contribution in [0, 0.1) is 0 Å². The van der Waals surface area contributed by atoms with E-state index < -0.39 is 10.1 Å². The first kappa shape index (κ1) is 10.9. The Morgan fingerprint density at radius 2 is 2.00 bits per heavy atom. The van der Waals surface area contributed by atoms with Crippen molar-refractivity contribution in [3.63, 3.8) is 0 Å². The van der Waals surface area contributed by atoms with Gasteiger partial charge in [-0.2, -0.15) is 8.42 Å². The molecule has 1 aromatic rings. The largest absolute Gasteiger partial charge is 0.294 e. The van der Waals surface area contributed by atoms with Crippen LogP contribution in [0.1, 0.15) is 12.0 Å². The zero-order valence-electron chi connectivity index (χ0n) is 7.68. The Balaban J connectivity index is 3.10. The summed E-state index contributed by atoms with van der Waals surface area (Å²) in [6, 6.07) is 6.41. The average molecular weight is 212 g/mol. The summed E-state index contributed by atoms with van der Waals surface area (Å²) in [4.78, 5) is -0.0122. The van der Waals surface area contributed by atoms with Gasteiger partial charge in [-0.15, -0.1) is 6.58 Å². The molecule has 0 saturated carbocycles. The molecule has 0 bridgehead atoms. The molecule has 76 valence electrons. The van der Waals surface area contributed by atoms with Crippen LogP contribution in [0.15, 0.2) is 41.8 Å². The van der Waals surface area contributed by atoms with Gasteiger partial charge in [-0.3, -0.25) is 4.55 Å². The van der Waals surface area contributed by atoms with Crippen LogP contribution >= 0.6 is 0 Å². The molecular formula is C10H12O3S. The summed E-state index contributed by atoms with van der Waals surface area (Å²) in [5.41, 5.74) is 0.620. The second-order valence-corrected chi connectivity index (χ2v) is 4.30. The Morgan fingerprint density at radius 3 is 2.57 bits per heavy atom. The lowest BCUT2D eigenvalue weighted by Crippen LogP contribution is -2.02. The summed E-state index contributed by atoms with van der Waals surface area (Å²) >= 11 is 0. The van der Waals surface area contributed by atoms with E-state index in [0.29, 0.717) is 18.4 Å². The molecule has 0 radical (unpaired) electrons. The Hall–Kier alpha value is -1.13. The summed E-state index contributed by atoms with van der Waals surface area (Å²) in [6.45, 7) is 3.56. The monoisotopic (exact) mass is 212 g/mol. The predicted molar refractivity (Wildman–Crippen MR) is 54.8 cm³/mol. The minimum Gasteiger partial charge on any atom is -0.282 e. The summed E-state index contributed by atoms with van der Waals surface area (Å²) in [5.74, 6) is 0. The van der Waals surface area contributed by atoms with Crippen molar-refractivity contribution in [2.24, 2.45) is 0 Å². The maximum atomic E-state index is 10.9. The minimum absolute atomic E-state index is 0.0122. The Morgan fingerprint density at radius 1 is 1.36 bits per heavy atom. The van der Waals surface area contributed by atoms with E-state index >= 15 is 0 Å². The predicted octanol–water partition coefficient (Wildman–Crippen LogP) is 2.05. The summed E-state index contributed by atoms with van der Waals surface area (Å²) in [6.07, 6.45) is 2.97. The average Bonchev–Trinajstić information content (AvgIpc) is 2.14. The molecular weight excluding hydrogens is 200 g/mol. The molecule has 0 amide bonds. The fraction of sp³-hybridized carbons (Fsp3) is 0.200. The minimum atomic E-state index is -4.10. The van der Waals surface area contributed by atoms with Gasteiger partial charge in [0.1, 0.15) is 0 Å². The van der Waals surface area contributed by atoms with Crippen LogP contribution in [0.5, 0.6) is 0 Å². The lowest BCUT2D eigenvalue weighted by molar-refractivity contribution is 0.482. The fourth-order valence-corrected chi connectivity index (χ4v) is 1.97. The number of allylic oxidation sites excluding steroid dienone is 1. The highest BCUT2D eigenvalue weighted by molar-refractivity contribution is 7.85. The first-order chi connectivity index (χ1) is 6.55. The summed E-state index contributed by atoms with van der Waals surface area (Å²) < 4.78 is 30.8. The van der Waals surface area contributed by atoms with Gasteiger partial charge in [0, 0.05) is 0 Å². The number of rotatable bonds is 4. The van der Waals surface area contributed by atoms with Crippen LogP contribution < -0.4 is 0 Å². The Bertz CT molecular complexity index is 421. The van der Waals surface area contributed by atoms with E-state index in [1.807, 2.05) is 0 Å². The quantitative estimate of drug-likeness (QED) is 0.614. The van der Waals surface area contributed by atoms with Crippen LogP contribution in [0.3, 0.4) is 0 Å². The molecule has 0 spiro atoms. The van der Waals surface area contributed by atoms with Gasteiger partial charge in [-0.05, 0) is 24.5 Å². The summed E-state index contributed by atoms with van der Waals surface area (Å²) in [7, 11) is -4.10. The normalized spacial score (nSPS) is 11.2. The van der Waals surface area contributed by atoms with Crippen molar-refractivity contribution in [2.75, 3.05) is 0 Å². The third-order valence-corrected chi connectivity index (χ3v) is 2.82. The van der Waals surface area contributed by atoms with Gasteiger partial charge in [0.25, 0.3) is 10.1 Å². The fourth-order valence-electron chi connectivity index (χ4n) is 1.22. The second kappa shape index (κ2) is 4.39. The molecule has 3 nitrogen and oxygen atoms in total. The smallest absolute Gasteiger partial charge is 0.282 e. The van der Waals surface area contributed by atoms with Crippen LogP contribution in [0.2, 0.25) is 0 Å². The first-order valence-electron chi connectivity index (χ1n) is 4.22. The van der Waals surface area contributed by atoms with Crippen LogP contribution in [-0.4, -0.2) is 13.0 Å². The molecule has 14 heavy (non-hydrogen) atoms. The van der Waals surface area contributed by atoms with Crippen molar-refractivity contribution in [3.8, 4) is 0 Å². The van der Waals surface area contributed by atoms with Gasteiger partial charge in [-0.1, -0.05) is 24.3 Å². The van der Waals surface area contributed by atoms with Gasteiger partial charge in [0.05, 0.1) is 4.90 Å². The van der Waals surface area contributed by atoms with Crippen molar-refractivity contribution in [1.29, 1.82) is 0 Å². The molecule has 1 N–H and O–H groups in total. The molecule has 0 aromatic heterocycles. The highest BCUT2D eigenvalue weighted by Crippen LogP contribution is 2.16. The zero-order valence-corrected chi connectivity index (χ0v) is 8.50. The highest BCUT2D eigenvalue weighted by Gasteiger charge is 2.13. The molecule has 0 fully saturated rings. The van der Waals surface area contributed by atoms with Crippen molar-refractivity contribution < 1.29 is 13.0 Å². The van der Waals surface area contributed by atoms with E-state index in [0.717, 1.165) is 0 Å². The topological polar surface area (TPSA) is 54.4 Å². The van der Waals surface area contributed by atoms with Gasteiger partial charge in [-0.25, -0.2) is 0 Å². The lowest BCUT2D eigenvalue weighted by atomic mass is 10.1. The third-order valence-electron chi connectivity index (χ3n) is 1.87. The van der Waals surface area contributed by atoms with Crippen molar-refractivity contribution in [3.05, 3.63) is 42.5 Å². The SMILES string of the molecule is C=CCCc1ccccc1S(=O)(=O)O. The molecule has 0 heterocycles. The molecule has 0 saturated heterocycles. The molecule has 0 atom stereocenters. The Kier molecular flexibility index (Phi) is 3.43. The molecule has 1 aromatic carbocycles. The van der Waals surface area contributed by atoms with E-state index in [1.165, 1.54) is 6.07 Å². The van der Waals surface area contributed by atoms with Crippen molar-refractivity contribution in [1.82, 2.24) is 0 Å². The van der Waals surface area contributed by atoms with E-state index in [-0.39, 0.29) is 4.90 Å². The van der Waals surface area contributed by atoms with Crippen LogP contribution in [0.25, 0.3) is 0 Å². The van der Waals surface area contributed by atoms with Crippen LogP contribution in [-0.2, 0) is 16.5 Å². The zero-order chi connectivity index (χ0) is 10.6. The van der Waals surface area contributed by atoms with Gasteiger partial charge in [0.15, 0.2) is 0 Å². The van der Waals surface area contributed by atoms with E-state index in [9.17, 15) is 8.42 Å².